The number of fused-ring (bicyclic) bond motifs is 1. The van der Waals surface area contributed by atoms with Crippen molar-refractivity contribution in [1.29, 1.82) is 0 Å². The van der Waals surface area contributed by atoms with Crippen LogP contribution in [0.5, 0.6) is 5.88 Å². The van der Waals surface area contributed by atoms with Crippen molar-refractivity contribution in [1.82, 2.24) is 14.5 Å². The molecule has 0 saturated carbocycles. The summed E-state index contributed by atoms with van der Waals surface area (Å²) < 4.78 is 12.8. The molecule has 0 saturated heterocycles. The molecule has 0 fully saturated rings. The average molecular weight is 365 g/mol. The summed E-state index contributed by atoms with van der Waals surface area (Å²) in [5, 5.41) is 13.5. The standard InChI is InChI=1S/C18H31N5O3/c1-7-8-22(5)17-21-15-13(23(17)12-18(2,3)24)11-14(20-16(15)19-4)26-10-9-25-6/h11,24H,7-10,12H2,1-6H3,(H,19,20). The number of aromatic nitrogens is 3. The lowest BCUT2D eigenvalue weighted by Crippen LogP contribution is -2.29. The van der Waals surface area contributed by atoms with Crippen molar-refractivity contribution in [3.63, 3.8) is 0 Å². The fraction of sp³-hybridized carbons (Fsp3) is 0.667. The predicted octanol–water partition coefficient (Wildman–Crippen LogP) is 2.12. The van der Waals surface area contributed by atoms with E-state index in [9.17, 15) is 5.11 Å². The van der Waals surface area contributed by atoms with E-state index in [1.807, 2.05) is 24.7 Å². The summed E-state index contributed by atoms with van der Waals surface area (Å²) in [4.78, 5) is 11.4. The number of aliphatic hydroxyl groups is 1. The first-order chi connectivity index (χ1) is 12.3. The van der Waals surface area contributed by atoms with Gasteiger partial charge in [-0.05, 0) is 20.3 Å². The van der Waals surface area contributed by atoms with E-state index in [4.69, 9.17) is 14.5 Å². The molecule has 2 rings (SSSR count). The van der Waals surface area contributed by atoms with Crippen molar-refractivity contribution >= 4 is 22.8 Å². The Balaban J connectivity index is 2.58. The Morgan fingerprint density at radius 1 is 1.31 bits per heavy atom. The molecule has 2 heterocycles. The minimum absolute atomic E-state index is 0.414. The molecular formula is C18H31N5O3. The Kier molecular flexibility index (Phi) is 6.66. The van der Waals surface area contributed by atoms with Gasteiger partial charge in [0.25, 0.3) is 0 Å². The molecule has 146 valence electrons. The van der Waals surface area contributed by atoms with Gasteiger partial charge in [0.15, 0.2) is 5.82 Å². The van der Waals surface area contributed by atoms with E-state index in [1.54, 1.807) is 21.0 Å². The summed E-state index contributed by atoms with van der Waals surface area (Å²) in [7, 11) is 5.45. The van der Waals surface area contributed by atoms with E-state index in [1.165, 1.54) is 0 Å². The summed E-state index contributed by atoms with van der Waals surface area (Å²) in [6.07, 6.45) is 1.00. The minimum Gasteiger partial charge on any atom is -0.475 e. The zero-order valence-electron chi connectivity index (χ0n) is 16.7. The van der Waals surface area contributed by atoms with Gasteiger partial charge in [-0.3, -0.25) is 0 Å². The van der Waals surface area contributed by atoms with Gasteiger partial charge in [-0.1, -0.05) is 6.92 Å². The summed E-state index contributed by atoms with van der Waals surface area (Å²) in [6, 6.07) is 1.87. The summed E-state index contributed by atoms with van der Waals surface area (Å²) >= 11 is 0. The molecule has 2 N–H and O–H groups in total. The third-order valence-electron chi connectivity index (χ3n) is 3.91. The number of pyridine rings is 1. The Morgan fingerprint density at radius 2 is 2.04 bits per heavy atom. The first kappa shape index (κ1) is 20.3. The summed E-state index contributed by atoms with van der Waals surface area (Å²) in [5.74, 6) is 1.95. The molecule has 0 amide bonds. The van der Waals surface area contributed by atoms with Crippen LogP contribution in [0.15, 0.2) is 6.07 Å². The fourth-order valence-corrected chi connectivity index (χ4v) is 2.83. The topological polar surface area (TPSA) is 84.7 Å². The molecule has 8 nitrogen and oxygen atoms in total. The largest absolute Gasteiger partial charge is 0.475 e. The monoisotopic (exact) mass is 365 g/mol. The van der Waals surface area contributed by atoms with Gasteiger partial charge in [-0.2, -0.15) is 4.98 Å². The number of rotatable bonds is 10. The van der Waals surface area contributed by atoms with Crippen molar-refractivity contribution < 1.29 is 14.6 Å². The van der Waals surface area contributed by atoms with Crippen LogP contribution in [0.3, 0.4) is 0 Å². The van der Waals surface area contributed by atoms with Crippen LogP contribution in [0.4, 0.5) is 11.8 Å². The van der Waals surface area contributed by atoms with Crippen LogP contribution in [0.25, 0.3) is 11.0 Å². The van der Waals surface area contributed by atoms with Crippen LogP contribution < -0.4 is 15.0 Å². The van der Waals surface area contributed by atoms with E-state index in [0.29, 0.717) is 31.5 Å². The number of hydrogen-bond acceptors (Lipinski definition) is 7. The number of nitrogens with zero attached hydrogens (tertiary/aromatic N) is 4. The van der Waals surface area contributed by atoms with Gasteiger partial charge in [0.1, 0.15) is 12.1 Å². The third-order valence-corrected chi connectivity index (χ3v) is 3.91. The fourth-order valence-electron chi connectivity index (χ4n) is 2.83. The van der Waals surface area contributed by atoms with Crippen LogP contribution in [0.1, 0.15) is 27.2 Å². The molecule has 0 aliphatic carbocycles. The molecule has 2 aromatic rings. The first-order valence-corrected chi connectivity index (χ1v) is 8.95. The van der Waals surface area contributed by atoms with Crippen molar-refractivity contribution in [2.75, 3.05) is 51.2 Å². The first-order valence-electron chi connectivity index (χ1n) is 8.95. The van der Waals surface area contributed by atoms with Gasteiger partial charge in [0.2, 0.25) is 11.8 Å². The normalized spacial score (nSPS) is 11.8. The van der Waals surface area contributed by atoms with E-state index in [-0.39, 0.29) is 0 Å². The molecule has 0 radical (unpaired) electrons. The molecule has 26 heavy (non-hydrogen) atoms. The molecule has 0 spiro atoms. The van der Waals surface area contributed by atoms with Gasteiger partial charge in [0, 0.05) is 33.8 Å². The smallest absolute Gasteiger partial charge is 0.217 e. The van der Waals surface area contributed by atoms with Crippen LogP contribution in [0, 0.1) is 0 Å². The minimum atomic E-state index is -0.879. The van der Waals surface area contributed by atoms with E-state index in [2.05, 4.69) is 22.1 Å². The summed E-state index contributed by atoms with van der Waals surface area (Å²) in [6.45, 7) is 7.90. The molecule has 0 aromatic carbocycles. The highest BCUT2D eigenvalue weighted by Crippen LogP contribution is 2.31. The predicted molar refractivity (Wildman–Crippen MR) is 104 cm³/mol. The molecule has 0 atom stereocenters. The second kappa shape index (κ2) is 8.55. The highest BCUT2D eigenvalue weighted by Gasteiger charge is 2.23. The highest BCUT2D eigenvalue weighted by atomic mass is 16.5. The maximum Gasteiger partial charge on any atom is 0.217 e. The molecular weight excluding hydrogens is 334 g/mol. The third kappa shape index (κ3) is 4.76. The van der Waals surface area contributed by atoms with Crippen molar-refractivity contribution in [2.45, 2.75) is 39.3 Å². The summed E-state index contributed by atoms with van der Waals surface area (Å²) in [5.41, 5.74) is 0.751. The number of imidazole rings is 1. The van der Waals surface area contributed by atoms with Crippen molar-refractivity contribution in [2.24, 2.45) is 0 Å². The lowest BCUT2D eigenvalue weighted by atomic mass is 10.1. The van der Waals surface area contributed by atoms with Crippen molar-refractivity contribution in [3.05, 3.63) is 6.07 Å². The Bertz CT molecular complexity index is 724. The van der Waals surface area contributed by atoms with Crippen LogP contribution in [-0.2, 0) is 11.3 Å². The lowest BCUT2D eigenvalue weighted by molar-refractivity contribution is 0.0630. The molecule has 2 aromatic heterocycles. The average Bonchev–Trinajstić information content (AvgIpc) is 2.91. The number of anilines is 2. The molecule has 0 unspecified atom stereocenters. The number of methoxy groups -OCH3 is 1. The van der Waals surface area contributed by atoms with E-state index < -0.39 is 5.60 Å². The maximum atomic E-state index is 10.4. The van der Waals surface area contributed by atoms with Crippen LogP contribution >= 0.6 is 0 Å². The molecule has 0 aliphatic rings. The van der Waals surface area contributed by atoms with E-state index in [0.717, 1.165) is 29.9 Å². The zero-order valence-corrected chi connectivity index (χ0v) is 16.7. The lowest BCUT2D eigenvalue weighted by Gasteiger charge is -2.24. The Labute approximate surface area is 155 Å². The number of hydrogen-bond donors (Lipinski definition) is 2. The van der Waals surface area contributed by atoms with Crippen LogP contribution in [-0.4, -0.2) is 66.2 Å². The Morgan fingerprint density at radius 3 is 2.62 bits per heavy atom. The van der Waals surface area contributed by atoms with Crippen LogP contribution in [0.2, 0.25) is 0 Å². The van der Waals surface area contributed by atoms with Crippen molar-refractivity contribution in [3.8, 4) is 5.88 Å². The maximum absolute atomic E-state index is 10.4. The number of nitrogens with one attached hydrogen (secondary N) is 1. The molecule has 8 heteroatoms. The second-order valence-corrected chi connectivity index (χ2v) is 7.00. The van der Waals surface area contributed by atoms with Gasteiger partial charge >= 0.3 is 0 Å². The van der Waals surface area contributed by atoms with Gasteiger partial charge in [-0.15, -0.1) is 0 Å². The molecule has 0 aliphatic heterocycles. The SMILES string of the molecule is CCCN(C)c1nc2c(NC)nc(OCCOC)cc2n1CC(C)(C)O. The van der Waals surface area contributed by atoms with Gasteiger partial charge in [-0.25, -0.2) is 4.98 Å². The quantitative estimate of drug-likeness (QED) is 0.624. The number of ether oxygens (including phenoxy) is 2. The van der Waals surface area contributed by atoms with E-state index >= 15 is 0 Å². The Hall–Kier alpha value is -2.06. The van der Waals surface area contributed by atoms with Gasteiger partial charge < -0.3 is 29.4 Å². The molecule has 0 bridgehead atoms. The zero-order chi connectivity index (χ0) is 19.3. The second-order valence-electron chi connectivity index (χ2n) is 7.00. The van der Waals surface area contributed by atoms with Gasteiger partial charge in [0.05, 0.1) is 24.3 Å². The highest BCUT2D eigenvalue weighted by molar-refractivity contribution is 5.89.